The molecule has 1 atom stereocenters. The molecule has 0 aliphatic carbocycles. The maximum atomic E-state index is 11.9. The summed E-state index contributed by atoms with van der Waals surface area (Å²) in [4.78, 5) is 11.9. The van der Waals surface area contributed by atoms with E-state index in [9.17, 15) is 9.90 Å². The van der Waals surface area contributed by atoms with Crippen molar-refractivity contribution in [2.24, 2.45) is 5.73 Å². The molecule has 0 aliphatic heterocycles. The molecule has 0 heterocycles. The summed E-state index contributed by atoms with van der Waals surface area (Å²) in [6.45, 7) is 0.579. The minimum absolute atomic E-state index is 0.139. The average Bonchev–Trinajstić information content (AvgIpc) is 2.37. The molecule has 0 aliphatic rings. The fraction of sp³-hybridized carbons (Fsp3) is 0.417. The predicted molar refractivity (Wildman–Crippen MR) is 66.8 cm³/mol. The molecule has 0 fully saturated rings. The van der Waals surface area contributed by atoms with Crippen molar-refractivity contribution >= 4 is 5.91 Å². The molecule has 6 nitrogen and oxygen atoms in total. The number of ether oxygens (including phenoxy) is 2. The third-order valence-electron chi connectivity index (χ3n) is 2.44. The molecule has 4 N–H and O–H groups in total. The van der Waals surface area contributed by atoms with Gasteiger partial charge in [0.05, 0.1) is 25.3 Å². The molecule has 100 valence electrons. The SMILES string of the molecule is COCC(CN)NC(=O)c1ccc(OC)cc1O. The highest BCUT2D eigenvalue weighted by Gasteiger charge is 2.15. The molecule has 1 rings (SSSR count). The second-order valence-corrected chi connectivity index (χ2v) is 3.74. The number of carbonyl (C=O) groups excluding carboxylic acids is 1. The van der Waals surface area contributed by atoms with Crippen LogP contribution in [0.25, 0.3) is 0 Å². The van der Waals surface area contributed by atoms with Crippen LogP contribution in [0.4, 0.5) is 0 Å². The molecule has 1 amide bonds. The van der Waals surface area contributed by atoms with Gasteiger partial charge in [0.15, 0.2) is 0 Å². The lowest BCUT2D eigenvalue weighted by Crippen LogP contribution is -2.43. The zero-order valence-corrected chi connectivity index (χ0v) is 10.5. The number of aromatic hydroxyl groups is 1. The van der Waals surface area contributed by atoms with Crippen LogP contribution in [0.3, 0.4) is 0 Å². The Hall–Kier alpha value is -1.79. The zero-order chi connectivity index (χ0) is 13.5. The smallest absolute Gasteiger partial charge is 0.255 e. The van der Waals surface area contributed by atoms with E-state index in [0.29, 0.717) is 12.4 Å². The van der Waals surface area contributed by atoms with Crippen LogP contribution in [0.5, 0.6) is 11.5 Å². The molecule has 1 aromatic carbocycles. The van der Waals surface area contributed by atoms with Gasteiger partial charge >= 0.3 is 0 Å². The van der Waals surface area contributed by atoms with Crippen LogP contribution < -0.4 is 15.8 Å². The Bertz CT molecular complexity index is 409. The Morgan fingerprint density at radius 3 is 2.72 bits per heavy atom. The van der Waals surface area contributed by atoms with Gasteiger partial charge in [-0.15, -0.1) is 0 Å². The molecule has 1 unspecified atom stereocenters. The highest BCUT2D eigenvalue weighted by Crippen LogP contribution is 2.23. The van der Waals surface area contributed by atoms with Crippen LogP contribution in [0, 0.1) is 0 Å². The Morgan fingerprint density at radius 2 is 2.22 bits per heavy atom. The fourth-order valence-electron chi connectivity index (χ4n) is 1.46. The second-order valence-electron chi connectivity index (χ2n) is 3.74. The van der Waals surface area contributed by atoms with Gasteiger partial charge in [-0.2, -0.15) is 0 Å². The van der Waals surface area contributed by atoms with Gasteiger partial charge in [0.1, 0.15) is 11.5 Å². The maximum absolute atomic E-state index is 11.9. The number of amides is 1. The largest absolute Gasteiger partial charge is 0.507 e. The van der Waals surface area contributed by atoms with Gasteiger partial charge in [-0.25, -0.2) is 0 Å². The molecular weight excluding hydrogens is 236 g/mol. The van der Waals surface area contributed by atoms with Crippen LogP contribution in [0.1, 0.15) is 10.4 Å². The third-order valence-corrected chi connectivity index (χ3v) is 2.44. The molecule has 0 aromatic heterocycles. The quantitative estimate of drug-likeness (QED) is 0.669. The summed E-state index contributed by atoms with van der Waals surface area (Å²) in [6, 6.07) is 4.18. The number of hydrogen-bond donors (Lipinski definition) is 3. The van der Waals surface area contributed by atoms with Crippen LogP contribution in [-0.2, 0) is 4.74 Å². The molecule has 1 aromatic rings. The average molecular weight is 254 g/mol. The van der Waals surface area contributed by atoms with Crippen molar-refractivity contribution in [1.82, 2.24) is 5.32 Å². The summed E-state index contributed by atoms with van der Waals surface area (Å²) >= 11 is 0. The van der Waals surface area contributed by atoms with Crippen molar-refractivity contribution in [2.75, 3.05) is 27.4 Å². The van der Waals surface area contributed by atoms with Gasteiger partial charge in [0, 0.05) is 19.7 Å². The first-order valence-electron chi connectivity index (χ1n) is 5.49. The first-order valence-corrected chi connectivity index (χ1v) is 5.49. The van der Waals surface area contributed by atoms with Crippen molar-refractivity contribution in [3.8, 4) is 11.5 Å². The number of hydrogen-bond acceptors (Lipinski definition) is 5. The monoisotopic (exact) mass is 254 g/mol. The minimum atomic E-state index is -0.400. The molecule has 0 bridgehead atoms. The number of benzene rings is 1. The van der Waals surface area contributed by atoms with Crippen molar-refractivity contribution in [2.45, 2.75) is 6.04 Å². The topological polar surface area (TPSA) is 93.8 Å². The molecule has 6 heteroatoms. The van der Waals surface area contributed by atoms with E-state index in [1.807, 2.05) is 0 Å². The molecular formula is C12H18N2O4. The summed E-state index contributed by atoms with van der Waals surface area (Å²) in [6.07, 6.45) is 0. The van der Waals surface area contributed by atoms with E-state index < -0.39 is 5.91 Å². The number of methoxy groups -OCH3 is 2. The van der Waals surface area contributed by atoms with Gasteiger partial charge in [-0.3, -0.25) is 4.79 Å². The van der Waals surface area contributed by atoms with Crippen molar-refractivity contribution < 1.29 is 19.4 Å². The first kappa shape index (κ1) is 14.3. The maximum Gasteiger partial charge on any atom is 0.255 e. The van der Waals surface area contributed by atoms with Crippen LogP contribution in [0.15, 0.2) is 18.2 Å². The van der Waals surface area contributed by atoms with Gasteiger partial charge in [-0.05, 0) is 12.1 Å². The lowest BCUT2D eigenvalue weighted by molar-refractivity contribution is 0.0898. The number of nitrogens with two attached hydrogens (primary N) is 1. The number of nitrogens with one attached hydrogen (secondary N) is 1. The van der Waals surface area contributed by atoms with E-state index in [4.69, 9.17) is 15.2 Å². The van der Waals surface area contributed by atoms with Crippen molar-refractivity contribution in [3.63, 3.8) is 0 Å². The highest BCUT2D eigenvalue weighted by atomic mass is 16.5. The van der Waals surface area contributed by atoms with E-state index in [1.54, 1.807) is 6.07 Å². The van der Waals surface area contributed by atoms with Crippen molar-refractivity contribution in [1.29, 1.82) is 0 Å². The number of phenols is 1. The highest BCUT2D eigenvalue weighted by molar-refractivity contribution is 5.97. The van der Waals surface area contributed by atoms with Crippen molar-refractivity contribution in [3.05, 3.63) is 23.8 Å². The third kappa shape index (κ3) is 3.61. The standard InChI is InChI=1S/C12H18N2O4/c1-17-7-8(6-13)14-12(16)10-4-3-9(18-2)5-11(10)15/h3-5,8,15H,6-7,13H2,1-2H3,(H,14,16). The minimum Gasteiger partial charge on any atom is -0.507 e. The molecule has 0 saturated carbocycles. The predicted octanol–water partition coefficient (Wildman–Crippen LogP) is 0.104. The first-order chi connectivity index (χ1) is 8.62. The van der Waals surface area contributed by atoms with E-state index in [0.717, 1.165) is 0 Å². The Morgan fingerprint density at radius 1 is 1.50 bits per heavy atom. The van der Waals surface area contributed by atoms with E-state index >= 15 is 0 Å². The van der Waals surface area contributed by atoms with Gasteiger partial charge < -0.3 is 25.6 Å². The molecule has 0 spiro atoms. The Kier molecular flexibility index (Phi) is 5.41. The van der Waals surface area contributed by atoms with Crippen LogP contribution in [-0.4, -0.2) is 44.4 Å². The summed E-state index contributed by atoms with van der Waals surface area (Å²) in [7, 11) is 3.01. The van der Waals surface area contributed by atoms with E-state index in [2.05, 4.69) is 5.32 Å². The molecule has 0 radical (unpaired) electrons. The summed E-state index contributed by atoms with van der Waals surface area (Å²) in [5.41, 5.74) is 5.66. The normalized spacial score (nSPS) is 11.9. The number of rotatable bonds is 6. The Balaban J connectivity index is 2.77. The fourth-order valence-corrected chi connectivity index (χ4v) is 1.46. The zero-order valence-electron chi connectivity index (χ0n) is 10.5. The van der Waals surface area contributed by atoms with E-state index in [-0.39, 0.29) is 23.9 Å². The second kappa shape index (κ2) is 6.83. The van der Waals surface area contributed by atoms with Gasteiger partial charge in [0.25, 0.3) is 5.91 Å². The van der Waals surface area contributed by atoms with E-state index in [1.165, 1.54) is 26.4 Å². The van der Waals surface area contributed by atoms with Gasteiger partial charge in [-0.1, -0.05) is 0 Å². The van der Waals surface area contributed by atoms with Crippen LogP contribution in [0.2, 0.25) is 0 Å². The Labute approximate surface area is 106 Å². The molecule has 18 heavy (non-hydrogen) atoms. The van der Waals surface area contributed by atoms with Crippen LogP contribution >= 0.6 is 0 Å². The number of phenolic OH excluding ortho intramolecular Hbond substituents is 1. The summed E-state index contributed by atoms with van der Waals surface area (Å²) in [5, 5.41) is 12.4. The summed E-state index contributed by atoms with van der Waals surface area (Å²) < 4.78 is 9.86. The van der Waals surface area contributed by atoms with Gasteiger partial charge in [0.2, 0.25) is 0 Å². The number of carbonyl (C=O) groups is 1. The lowest BCUT2D eigenvalue weighted by Gasteiger charge is -2.16. The molecule has 0 saturated heterocycles. The summed E-state index contributed by atoms with van der Waals surface area (Å²) in [5.74, 6) is -0.0565. The lowest BCUT2D eigenvalue weighted by atomic mass is 10.1.